The Hall–Kier alpha value is -0.460. The van der Waals surface area contributed by atoms with Gasteiger partial charge < -0.3 is 5.32 Å². The average Bonchev–Trinajstić information content (AvgIpc) is 2.68. The maximum Gasteiger partial charge on any atom is 0.391 e. The molecule has 1 aromatic heterocycles. The maximum atomic E-state index is 12.7. The number of hydrogen-bond donors (Lipinski definition) is 1. The van der Waals surface area contributed by atoms with Gasteiger partial charge in [0.05, 0.1) is 15.8 Å². The van der Waals surface area contributed by atoms with E-state index in [1.54, 1.807) is 0 Å². The Morgan fingerprint density at radius 3 is 2.60 bits per heavy atom. The highest BCUT2D eigenvalue weighted by atomic mass is 35.5. The number of thiophene rings is 1. The van der Waals surface area contributed by atoms with Gasteiger partial charge in [-0.1, -0.05) is 29.6 Å². The van der Waals surface area contributed by atoms with Gasteiger partial charge in [0.25, 0.3) is 5.91 Å². The fourth-order valence-corrected chi connectivity index (χ4v) is 3.83. The molecule has 1 aromatic rings. The second-order valence-corrected chi connectivity index (χ2v) is 7.10. The minimum atomic E-state index is -4.20. The van der Waals surface area contributed by atoms with E-state index < -0.39 is 24.0 Å². The molecule has 112 valence electrons. The molecule has 0 aliphatic heterocycles. The number of nitrogens with one attached hydrogen (secondary N) is 1. The summed E-state index contributed by atoms with van der Waals surface area (Å²) in [6.45, 7) is 0. The van der Waals surface area contributed by atoms with E-state index in [2.05, 4.69) is 5.32 Å². The summed E-state index contributed by atoms with van der Waals surface area (Å²) < 4.78 is 38.7. The maximum absolute atomic E-state index is 12.7. The van der Waals surface area contributed by atoms with Gasteiger partial charge in [-0.05, 0) is 25.3 Å². The van der Waals surface area contributed by atoms with Gasteiger partial charge in [0.2, 0.25) is 0 Å². The summed E-state index contributed by atoms with van der Waals surface area (Å²) in [5.74, 6) is -1.81. The molecule has 0 bridgehead atoms. The number of carbonyl (C=O) groups excluding carboxylic acids is 1. The molecule has 2 nitrogen and oxygen atoms in total. The lowest BCUT2D eigenvalue weighted by molar-refractivity contribution is -0.183. The third-order valence-electron chi connectivity index (χ3n) is 3.37. The lowest BCUT2D eigenvalue weighted by Gasteiger charge is -2.30. The molecule has 1 N–H and O–H groups in total. The molecule has 1 amide bonds. The van der Waals surface area contributed by atoms with E-state index in [9.17, 15) is 18.0 Å². The van der Waals surface area contributed by atoms with Crippen molar-refractivity contribution < 1.29 is 18.0 Å². The predicted octanol–water partition coefficient (Wildman–Crippen LogP) is 4.91. The van der Waals surface area contributed by atoms with Crippen molar-refractivity contribution in [3.05, 3.63) is 20.3 Å². The number of halogens is 5. The van der Waals surface area contributed by atoms with Crippen molar-refractivity contribution in [3.8, 4) is 0 Å². The molecule has 1 aliphatic carbocycles. The Labute approximate surface area is 128 Å². The Balaban J connectivity index is 1.99. The van der Waals surface area contributed by atoms with Crippen LogP contribution in [0.25, 0.3) is 0 Å². The summed E-state index contributed by atoms with van der Waals surface area (Å²) in [4.78, 5) is 12.0. The van der Waals surface area contributed by atoms with Crippen LogP contribution >= 0.6 is 34.5 Å². The first-order valence-corrected chi connectivity index (χ1v) is 7.67. The van der Waals surface area contributed by atoms with E-state index >= 15 is 0 Å². The molecule has 1 aliphatic rings. The molecule has 20 heavy (non-hydrogen) atoms. The van der Waals surface area contributed by atoms with Crippen LogP contribution < -0.4 is 5.32 Å². The van der Waals surface area contributed by atoms with E-state index in [4.69, 9.17) is 23.2 Å². The van der Waals surface area contributed by atoms with Crippen molar-refractivity contribution in [2.24, 2.45) is 5.92 Å². The quantitative estimate of drug-likeness (QED) is 0.810. The number of carbonyl (C=O) groups is 1. The molecule has 0 radical (unpaired) electrons. The predicted molar refractivity (Wildman–Crippen MR) is 73.6 cm³/mol. The highest BCUT2D eigenvalue weighted by Crippen LogP contribution is 2.38. The van der Waals surface area contributed by atoms with Crippen molar-refractivity contribution in [2.75, 3.05) is 0 Å². The molecular formula is C12H12Cl2F3NOS. The third kappa shape index (κ3) is 3.80. The van der Waals surface area contributed by atoms with Crippen LogP contribution in [0.2, 0.25) is 8.67 Å². The Kier molecular flexibility index (Phi) is 4.87. The highest BCUT2D eigenvalue weighted by Gasteiger charge is 2.42. The first-order chi connectivity index (χ1) is 9.27. The normalized spacial score (nSPS) is 23.6. The Morgan fingerprint density at radius 2 is 2.05 bits per heavy atom. The number of hydrogen-bond acceptors (Lipinski definition) is 2. The van der Waals surface area contributed by atoms with Gasteiger partial charge in [-0.3, -0.25) is 4.79 Å². The third-order valence-corrected chi connectivity index (χ3v) is 4.86. The van der Waals surface area contributed by atoms with Crippen LogP contribution in [0.1, 0.15) is 36.0 Å². The Morgan fingerprint density at radius 1 is 1.35 bits per heavy atom. The van der Waals surface area contributed by atoms with Gasteiger partial charge in [0, 0.05) is 6.04 Å². The summed E-state index contributed by atoms with van der Waals surface area (Å²) in [5.41, 5.74) is 0.218. The minimum absolute atomic E-state index is 0.0786. The van der Waals surface area contributed by atoms with Gasteiger partial charge in [-0.2, -0.15) is 13.2 Å². The molecule has 1 heterocycles. The molecular weight excluding hydrogens is 334 g/mol. The van der Waals surface area contributed by atoms with Crippen LogP contribution in [-0.4, -0.2) is 18.1 Å². The van der Waals surface area contributed by atoms with Crippen LogP contribution in [0.15, 0.2) is 6.07 Å². The van der Waals surface area contributed by atoms with Gasteiger partial charge in [0.15, 0.2) is 0 Å². The topological polar surface area (TPSA) is 29.1 Å². The Bertz CT molecular complexity index is 503. The molecule has 8 heteroatoms. The van der Waals surface area contributed by atoms with Crippen LogP contribution in [0.4, 0.5) is 13.2 Å². The van der Waals surface area contributed by atoms with Crippen LogP contribution in [0, 0.1) is 5.92 Å². The first-order valence-electron chi connectivity index (χ1n) is 6.09. The van der Waals surface area contributed by atoms with Crippen molar-refractivity contribution in [3.63, 3.8) is 0 Å². The number of alkyl halides is 3. The lowest BCUT2D eigenvalue weighted by Crippen LogP contribution is -2.41. The largest absolute Gasteiger partial charge is 0.391 e. The highest BCUT2D eigenvalue weighted by molar-refractivity contribution is 7.20. The summed E-state index contributed by atoms with van der Waals surface area (Å²) in [7, 11) is 0. The number of amides is 1. The van der Waals surface area contributed by atoms with Crippen molar-refractivity contribution >= 4 is 40.4 Å². The lowest BCUT2D eigenvalue weighted by atomic mass is 9.85. The molecule has 0 saturated heterocycles. The van der Waals surface area contributed by atoms with Gasteiger partial charge in [-0.15, -0.1) is 11.3 Å². The summed E-state index contributed by atoms with van der Waals surface area (Å²) in [5, 5.41) is 2.62. The fraction of sp³-hybridized carbons (Fsp3) is 0.583. The molecule has 1 fully saturated rings. The average molecular weight is 346 g/mol. The second-order valence-electron chi connectivity index (χ2n) is 4.81. The van der Waals surface area contributed by atoms with Crippen molar-refractivity contribution in [2.45, 2.75) is 37.9 Å². The van der Waals surface area contributed by atoms with Crippen LogP contribution in [-0.2, 0) is 0 Å². The summed E-state index contributed by atoms with van der Waals surface area (Å²) in [6.07, 6.45) is -3.15. The van der Waals surface area contributed by atoms with Crippen molar-refractivity contribution in [1.29, 1.82) is 0 Å². The molecule has 2 rings (SSSR count). The molecule has 2 atom stereocenters. The zero-order chi connectivity index (χ0) is 14.9. The van der Waals surface area contributed by atoms with E-state index in [1.807, 2.05) is 0 Å². The first kappa shape index (κ1) is 15.9. The minimum Gasteiger partial charge on any atom is -0.349 e. The summed E-state index contributed by atoms with van der Waals surface area (Å²) in [6, 6.07) is 0.950. The zero-order valence-corrected chi connectivity index (χ0v) is 12.6. The molecule has 0 aromatic carbocycles. The SMILES string of the molecule is O=C(NC1CCCC(C(F)(F)F)C1)c1cc(Cl)sc1Cl. The monoisotopic (exact) mass is 345 g/mol. The smallest absolute Gasteiger partial charge is 0.349 e. The van der Waals surface area contributed by atoms with Gasteiger partial charge in [0.1, 0.15) is 4.34 Å². The molecule has 2 unspecified atom stereocenters. The molecule has 0 spiro atoms. The van der Waals surface area contributed by atoms with E-state index in [-0.39, 0.29) is 22.7 Å². The standard InChI is InChI=1S/C12H12Cl2F3NOS/c13-9-5-8(10(14)20-9)11(19)18-7-3-1-2-6(4-7)12(15,16)17/h5-7H,1-4H2,(H,18,19). The fourth-order valence-electron chi connectivity index (χ4n) is 2.38. The molecule has 1 saturated carbocycles. The zero-order valence-electron chi connectivity index (χ0n) is 10.3. The van der Waals surface area contributed by atoms with Crippen LogP contribution in [0.3, 0.4) is 0 Å². The second kappa shape index (κ2) is 6.12. The van der Waals surface area contributed by atoms with Crippen LogP contribution in [0.5, 0.6) is 0 Å². The summed E-state index contributed by atoms with van der Waals surface area (Å²) >= 11 is 12.6. The number of rotatable bonds is 2. The van der Waals surface area contributed by atoms with E-state index in [0.29, 0.717) is 17.2 Å². The van der Waals surface area contributed by atoms with E-state index in [1.165, 1.54) is 6.07 Å². The van der Waals surface area contributed by atoms with Gasteiger partial charge in [-0.25, -0.2) is 0 Å². The van der Waals surface area contributed by atoms with Crippen molar-refractivity contribution in [1.82, 2.24) is 5.32 Å². The van der Waals surface area contributed by atoms with Gasteiger partial charge >= 0.3 is 6.18 Å². The van der Waals surface area contributed by atoms with E-state index in [0.717, 1.165) is 11.3 Å².